The lowest BCUT2D eigenvalue weighted by Gasteiger charge is -2.43. The van der Waals surface area contributed by atoms with Gasteiger partial charge in [0.25, 0.3) is 0 Å². The molecule has 0 aromatic heterocycles. The standard InChI is InChI=1S/C19H26N2O/c1-19(2,3)18(21-12-10-20-11-13-21)16-8-9-17(22)15-7-5-4-6-14(15)16/h4-9,18,20,22H,10-13H2,1-3H3/t18-/m0/s1. The van der Waals surface area contributed by atoms with Crippen LogP contribution in [0.25, 0.3) is 10.8 Å². The monoisotopic (exact) mass is 298 g/mol. The molecule has 0 saturated carbocycles. The normalized spacial score (nSPS) is 18.5. The summed E-state index contributed by atoms with van der Waals surface area (Å²) >= 11 is 0. The molecule has 2 N–H and O–H groups in total. The van der Waals surface area contributed by atoms with Crippen LogP contribution in [-0.4, -0.2) is 36.2 Å². The summed E-state index contributed by atoms with van der Waals surface area (Å²) in [6.45, 7) is 11.1. The van der Waals surface area contributed by atoms with Crippen molar-refractivity contribution in [3.05, 3.63) is 42.0 Å². The number of hydrogen-bond donors (Lipinski definition) is 2. The van der Waals surface area contributed by atoms with Gasteiger partial charge in [0.15, 0.2) is 0 Å². The molecule has 2 aromatic carbocycles. The molecule has 0 aliphatic carbocycles. The Morgan fingerprint density at radius 3 is 2.27 bits per heavy atom. The summed E-state index contributed by atoms with van der Waals surface area (Å²) in [6.07, 6.45) is 0. The summed E-state index contributed by atoms with van der Waals surface area (Å²) in [5, 5.41) is 15.7. The maximum absolute atomic E-state index is 10.2. The molecular weight excluding hydrogens is 272 g/mol. The van der Waals surface area contributed by atoms with Gasteiger partial charge in [0.05, 0.1) is 0 Å². The van der Waals surface area contributed by atoms with Crippen molar-refractivity contribution in [3.63, 3.8) is 0 Å². The lowest BCUT2D eigenvalue weighted by atomic mass is 9.79. The average Bonchev–Trinajstić information content (AvgIpc) is 2.50. The molecule has 1 aliphatic heterocycles. The van der Waals surface area contributed by atoms with Crippen LogP contribution in [0.1, 0.15) is 32.4 Å². The Hall–Kier alpha value is -1.58. The van der Waals surface area contributed by atoms with Gasteiger partial charge in [-0.15, -0.1) is 0 Å². The van der Waals surface area contributed by atoms with Gasteiger partial charge >= 0.3 is 0 Å². The van der Waals surface area contributed by atoms with Gasteiger partial charge in [-0.2, -0.15) is 0 Å². The summed E-state index contributed by atoms with van der Waals surface area (Å²) in [5.41, 5.74) is 1.46. The lowest BCUT2D eigenvalue weighted by molar-refractivity contribution is 0.0872. The Morgan fingerprint density at radius 2 is 1.64 bits per heavy atom. The molecule has 2 aromatic rings. The van der Waals surface area contributed by atoms with Crippen LogP contribution in [-0.2, 0) is 0 Å². The number of aromatic hydroxyl groups is 1. The van der Waals surface area contributed by atoms with Gasteiger partial charge in [0.2, 0.25) is 0 Å². The van der Waals surface area contributed by atoms with E-state index in [-0.39, 0.29) is 5.41 Å². The predicted molar refractivity (Wildman–Crippen MR) is 92.3 cm³/mol. The molecule has 0 spiro atoms. The topological polar surface area (TPSA) is 35.5 Å². The largest absolute Gasteiger partial charge is 0.507 e. The van der Waals surface area contributed by atoms with Crippen LogP contribution < -0.4 is 5.32 Å². The first kappa shape index (κ1) is 15.3. The van der Waals surface area contributed by atoms with Crippen molar-refractivity contribution in [2.24, 2.45) is 5.41 Å². The molecule has 0 radical (unpaired) electrons. The third-order valence-corrected chi connectivity index (χ3v) is 4.57. The minimum Gasteiger partial charge on any atom is -0.507 e. The molecule has 1 aliphatic rings. The van der Waals surface area contributed by atoms with E-state index in [1.807, 2.05) is 18.2 Å². The van der Waals surface area contributed by atoms with Gasteiger partial charge in [-0.05, 0) is 22.4 Å². The van der Waals surface area contributed by atoms with Crippen LogP contribution in [0.4, 0.5) is 0 Å². The maximum Gasteiger partial charge on any atom is 0.123 e. The Bertz CT molecular complexity index is 654. The number of rotatable bonds is 2. The fourth-order valence-corrected chi connectivity index (χ4v) is 3.70. The van der Waals surface area contributed by atoms with Gasteiger partial charge in [-0.25, -0.2) is 0 Å². The highest BCUT2D eigenvalue weighted by atomic mass is 16.3. The van der Waals surface area contributed by atoms with E-state index in [4.69, 9.17) is 0 Å². The zero-order valence-electron chi connectivity index (χ0n) is 13.8. The van der Waals surface area contributed by atoms with Crippen molar-refractivity contribution in [3.8, 4) is 5.75 Å². The van der Waals surface area contributed by atoms with Crippen molar-refractivity contribution in [1.29, 1.82) is 0 Å². The molecule has 3 rings (SSSR count). The van der Waals surface area contributed by atoms with Crippen LogP contribution in [0.3, 0.4) is 0 Å². The summed E-state index contributed by atoms with van der Waals surface area (Å²) < 4.78 is 0. The van der Waals surface area contributed by atoms with Crippen molar-refractivity contribution < 1.29 is 5.11 Å². The molecule has 0 bridgehead atoms. The minimum absolute atomic E-state index is 0.136. The number of benzene rings is 2. The van der Waals surface area contributed by atoms with Crippen molar-refractivity contribution in [1.82, 2.24) is 10.2 Å². The van der Waals surface area contributed by atoms with Crippen LogP contribution in [0.2, 0.25) is 0 Å². The zero-order chi connectivity index (χ0) is 15.7. The first-order chi connectivity index (χ1) is 10.5. The first-order valence-electron chi connectivity index (χ1n) is 8.14. The molecule has 22 heavy (non-hydrogen) atoms. The van der Waals surface area contributed by atoms with Gasteiger partial charge in [-0.3, -0.25) is 4.90 Å². The second-order valence-electron chi connectivity index (χ2n) is 7.27. The lowest BCUT2D eigenvalue weighted by Crippen LogP contribution is -2.48. The van der Waals surface area contributed by atoms with Gasteiger partial charge in [0.1, 0.15) is 5.75 Å². The highest BCUT2D eigenvalue weighted by Gasteiger charge is 2.33. The summed E-state index contributed by atoms with van der Waals surface area (Å²) in [5.74, 6) is 0.368. The second kappa shape index (κ2) is 5.90. The quantitative estimate of drug-likeness (QED) is 0.890. The van der Waals surface area contributed by atoms with E-state index in [0.29, 0.717) is 11.8 Å². The maximum atomic E-state index is 10.2. The molecule has 0 amide bonds. The van der Waals surface area contributed by atoms with E-state index in [1.54, 1.807) is 0 Å². The second-order valence-corrected chi connectivity index (χ2v) is 7.27. The van der Waals surface area contributed by atoms with E-state index in [2.05, 4.69) is 49.2 Å². The summed E-state index contributed by atoms with van der Waals surface area (Å²) in [6, 6.07) is 12.5. The van der Waals surface area contributed by atoms with E-state index >= 15 is 0 Å². The molecule has 1 atom stereocenters. The number of fused-ring (bicyclic) bond motifs is 1. The molecule has 1 fully saturated rings. The van der Waals surface area contributed by atoms with Crippen molar-refractivity contribution in [2.75, 3.05) is 26.2 Å². The summed E-state index contributed by atoms with van der Waals surface area (Å²) in [7, 11) is 0. The third-order valence-electron chi connectivity index (χ3n) is 4.57. The fourth-order valence-electron chi connectivity index (χ4n) is 3.70. The van der Waals surface area contributed by atoms with Crippen molar-refractivity contribution in [2.45, 2.75) is 26.8 Å². The van der Waals surface area contributed by atoms with Crippen LogP contribution >= 0.6 is 0 Å². The van der Waals surface area contributed by atoms with E-state index in [9.17, 15) is 5.11 Å². The van der Waals surface area contributed by atoms with Gasteiger partial charge in [0, 0.05) is 37.6 Å². The smallest absolute Gasteiger partial charge is 0.123 e. The molecule has 3 nitrogen and oxygen atoms in total. The molecule has 3 heteroatoms. The summed E-state index contributed by atoms with van der Waals surface area (Å²) in [4.78, 5) is 2.58. The molecule has 118 valence electrons. The Kier molecular flexibility index (Phi) is 4.11. The fraction of sp³-hybridized carbons (Fsp3) is 0.474. The molecular formula is C19H26N2O. The highest BCUT2D eigenvalue weighted by Crippen LogP contribution is 2.42. The number of phenols is 1. The van der Waals surface area contributed by atoms with Crippen LogP contribution in [0.15, 0.2) is 36.4 Å². The SMILES string of the molecule is CC(C)(C)[C@H](c1ccc(O)c2ccccc12)N1CCNCC1. The molecule has 1 saturated heterocycles. The Morgan fingerprint density at radius 1 is 1.00 bits per heavy atom. The first-order valence-corrected chi connectivity index (χ1v) is 8.14. The number of piperazine rings is 1. The van der Waals surface area contributed by atoms with Gasteiger partial charge in [-0.1, -0.05) is 51.1 Å². The van der Waals surface area contributed by atoms with Crippen molar-refractivity contribution >= 4 is 10.8 Å². The Labute approximate surface area is 132 Å². The number of nitrogens with zero attached hydrogens (tertiary/aromatic N) is 1. The number of hydrogen-bond acceptors (Lipinski definition) is 3. The zero-order valence-corrected chi connectivity index (χ0v) is 13.8. The third kappa shape index (κ3) is 2.83. The van der Waals surface area contributed by atoms with E-state index in [0.717, 1.165) is 31.6 Å². The van der Waals surface area contributed by atoms with Crippen LogP contribution in [0, 0.1) is 5.41 Å². The van der Waals surface area contributed by atoms with Crippen LogP contribution in [0.5, 0.6) is 5.75 Å². The minimum atomic E-state index is 0.136. The van der Waals surface area contributed by atoms with Gasteiger partial charge < -0.3 is 10.4 Å². The molecule has 1 heterocycles. The Balaban J connectivity index is 2.14. The predicted octanol–water partition coefficient (Wildman–Crippen LogP) is 3.54. The number of nitrogens with one attached hydrogen (secondary N) is 1. The molecule has 0 unspecified atom stereocenters. The van der Waals surface area contributed by atoms with E-state index < -0.39 is 0 Å². The number of phenolic OH excluding ortho intramolecular Hbond substituents is 1. The highest BCUT2D eigenvalue weighted by molar-refractivity contribution is 5.91. The van der Waals surface area contributed by atoms with E-state index in [1.165, 1.54) is 10.9 Å². The average molecular weight is 298 g/mol.